The van der Waals surface area contributed by atoms with Crippen molar-refractivity contribution in [1.29, 1.82) is 0 Å². The number of carbonyl (C=O) groups is 1. The number of carbonyl (C=O) groups excluding carboxylic acids is 1. The highest BCUT2D eigenvalue weighted by atomic mass is 32.2. The number of benzene rings is 1. The third-order valence-electron chi connectivity index (χ3n) is 5.27. The van der Waals surface area contributed by atoms with Gasteiger partial charge in [0.1, 0.15) is 0 Å². The lowest BCUT2D eigenvalue weighted by molar-refractivity contribution is 0.102. The van der Waals surface area contributed by atoms with E-state index in [2.05, 4.69) is 26.6 Å². The van der Waals surface area contributed by atoms with Crippen LogP contribution in [0, 0.1) is 0 Å². The lowest BCUT2D eigenvalue weighted by Crippen LogP contribution is -2.32. The van der Waals surface area contributed by atoms with Gasteiger partial charge in [0.25, 0.3) is 11.5 Å². The van der Waals surface area contributed by atoms with Gasteiger partial charge in [-0.3, -0.25) is 19.1 Å². The summed E-state index contributed by atoms with van der Waals surface area (Å²) in [6.07, 6.45) is 2.09. The molecular formula is C24H29N5O5S. The van der Waals surface area contributed by atoms with Crippen molar-refractivity contribution >= 4 is 32.7 Å². The van der Waals surface area contributed by atoms with Crippen molar-refractivity contribution in [2.24, 2.45) is 0 Å². The molecule has 0 aliphatic heterocycles. The van der Waals surface area contributed by atoms with Crippen molar-refractivity contribution in [2.45, 2.75) is 45.4 Å². The normalized spacial score (nSPS) is 11.7. The Labute approximate surface area is 203 Å². The maximum atomic E-state index is 13.2. The van der Waals surface area contributed by atoms with Gasteiger partial charge < -0.3 is 5.32 Å². The monoisotopic (exact) mass is 499 g/mol. The summed E-state index contributed by atoms with van der Waals surface area (Å²) in [5, 5.41) is 2.79. The third-order valence-corrected chi connectivity index (χ3v) is 6.59. The van der Waals surface area contributed by atoms with Gasteiger partial charge in [-0.2, -0.15) is 0 Å². The second kappa shape index (κ2) is 10.8. The highest BCUT2D eigenvalue weighted by Crippen LogP contribution is 2.21. The van der Waals surface area contributed by atoms with E-state index in [1.165, 1.54) is 10.6 Å². The minimum atomic E-state index is -3.51. The zero-order valence-corrected chi connectivity index (χ0v) is 20.7. The van der Waals surface area contributed by atoms with Gasteiger partial charge in [-0.1, -0.05) is 39.0 Å². The SMILES string of the molecule is C=CCNS(=O)(=O)Cc1ccc(NC(=O)c2cc(C(C)C)nc3c2c(=O)[nH]c(=O)n3CCC)cc1. The number of sulfonamides is 1. The summed E-state index contributed by atoms with van der Waals surface area (Å²) < 4.78 is 27.9. The van der Waals surface area contributed by atoms with E-state index in [4.69, 9.17) is 0 Å². The van der Waals surface area contributed by atoms with Crippen LogP contribution in [-0.4, -0.2) is 35.4 Å². The molecule has 0 radical (unpaired) electrons. The average Bonchev–Trinajstić information content (AvgIpc) is 2.80. The lowest BCUT2D eigenvalue weighted by Gasteiger charge is -2.14. The molecule has 2 aromatic heterocycles. The van der Waals surface area contributed by atoms with Crippen LogP contribution in [0.2, 0.25) is 0 Å². The van der Waals surface area contributed by atoms with E-state index in [-0.39, 0.29) is 34.8 Å². The van der Waals surface area contributed by atoms with E-state index >= 15 is 0 Å². The van der Waals surface area contributed by atoms with Gasteiger partial charge in [0.15, 0.2) is 5.65 Å². The van der Waals surface area contributed by atoms with Crippen molar-refractivity contribution < 1.29 is 13.2 Å². The largest absolute Gasteiger partial charge is 0.329 e. The fourth-order valence-electron chi connectivity index (χ4n) is 3.54. The van der Waals surface area contributed by atoms with Gasteiger partial charge in [-0.15, -0.1) is 6.58 Å². The summed E-state index contributed by atoms with van der Waals surface area (Å²) in [7, 11) is -3.51. The third kappa shape index (κ3) is 6.11. The highest BCUT2D eigenvalue weighted by Gasteiger charge is 2.20. The summed E-state index contributed by atoms with van der Waals surface area (Å²) in [5.74, 6) is -0.808. The highest BCUT2D eigenvalue weighted by molar-refractivity contribution is 7.88. The first-order valence-electron chi connectivity index (χ1n) is 11.2. The predicted molar refractivity (Wildman–Crippen MR) is 136 cm³/mol. The van der Waals surface area contributed by atoms with Crippen LogP contribution in [0.15, 0.2) is 52.6 Å². The summed E-state index contributed by atoms with van der Waals surface area (Å²) in [4.78, 5) is 45.2. The Hall–Kier alpha value is -3.57. The number of pyridine rings is 1. The van der Waals surface area contributed by atoms with E-state index in [0.717, 1.165) is 0 Å². The van der Waals surface area contributed by atoms with Crippen molar-refractivity contribution in [1.82, 2.24) is 19.3 Å². The van der Waals surface area contributed by atoms with Crippen molar-refractivity contribution in [3.05, 3.63) is 80.6 Å². The standard InChI is InChI=1S/C24H29N5O5S/c1-5-11-25-35(33,34)14-16-7-9-17(10-8-16)26-22(30)18-13-19(15(3)4)27-21-20(18)23(31)28-24(32)29(21)12-6-2/h5,7-10,13,15,25H,1,6,11-12,14H2,2-4H3,(H,26,30)(H,28,31,32). The molecule has 10 nitrogen and oxygen atoms in total. The molecule has 0 fully saturated rings. The predicted octanol–water partition coefficient (Wildman–Crippen LogP) is 2.48. The van der Waals surface area contributed by atoms with Crippen LogP contribution in [0.25, 0.3) is 11.0 Å². The van der Waals surface area contributed by atoms with Gasteiger partial charge in [0.05, 0.1) is 16.7 Å². The number of aromatic nitrogens is 3. The molecule has 0 spiro atoms. The molecule has 1 amide bonds. The fourth-order valence-corrected chi connectivity index (χ4v) is 4.64. The van der Waals surface area contributed by atoms with Gasteiger partial charge in [-0.25, -0.2) is 22.9 Å². The Morgan fingerprint density at radius 1 is 1.23 bits per heavy atom. The first-order valence-corrected chi connectivity index (χ1v) is 12.9. The van der Waals surface area contributed by atoms with E-state index in [9.17, 15) is 22.8 Å². The maximum absolute atomic E-state index is 13.2. The zero-order chi connectivity index (χ0) is 25.8. The molecule has 3 rings (SSSR count). The lowest BCUT2D eigenvalue weighted by atomic mass is 10.0. The summed E-state index contributed by atoms with van der Waals surface area (Å²) in [6.45, 7) is 9.67. The maximum Gasteiger partial charge on any atom is 0.329 e. The first kappa shape index (κ1) is 26.0. The number of rotatable bonds is 10. The topological polar surface area (TPSA) is 143 Å². The summed E-state index contributed by atoms with van der Waals surface area (Å²) in [5.41, 5.74) is 0.551. The fraction of sp³-hybridized carbons (Fsp3) is 0.333. The molecule has 0 aliphatic rings. The Balaban J connectivity index is 1.98. The number of H-pyrrole nitrogens is 1. The zero-order valence-electron chi connectivity index (χ0n) is 19.9. The number of nitrogens with zero attached hydrogens (tertiary/aromatic N) is 2. The molecule has 186 valence electrons. The molecule has 3 aromatic rings. The van der Waals surface area contributed by atoms with Crippen molar-refractivity contribution in [3.8, 4) is 0 Å². The molecule has 1 aromatic carbocycles. The number of amides is 1. The molecule has 0 saturated heterocycles. The second-order valence-corrected chi connectivity index (χ2v) is 10.2. The van der Waals surface area contributed by atoms with E-state index in [1.807, 2.05) is 20.8 Å². The molecular weight excluding hydrogens is 470 g/mol. The smallest absolute Gasteiger partial charge is 0.322 e. The summed E-state index contributed by atoms with van der Waals surface area (Å²) >= 11 is 0. The van der Waals surface area contributed by atoms with Crippen LogP contribution >= 0.6 is 0 Å². The average molecular weight is 500 g/mol. The number of hydrogen-bond donors (Lipinski definition) is 3. The molecule has 0 atom stereocenters. The molecule has 3 N–H and O–H groups in total. The minimum absolute atomic E-state index is 0.0379. The quantitative estimate of drug-likeness (QED) is 0.366. The van der Waals surface area contributed by atoms with Gasteiger partial charge in [-0.05, 0) is 36.1 Å². The number of hydrogen-bond acceptors (Lipinski definition) is 6. The van der Waals surface area contributed by atoms with Crippen molar-refractivity contribution in [3.63, 3.8) is 0 Å². The number of fused-ring (bicyclic) bond motifs is 1. The van der Waals surface area contributed by atoms with Crippen LogP contribution in [0.3, 0.4) is 0 Å². The van der Waals surface area contributed by atoms with E-state index < -0.39 is 27.2 Å². The first-order chi connectivity index (χ1) is 16.6. The van der Waals surface area contributed by atoms with Crippen LogP contribution in [0.4, 0.5) is 5.69 Å². The molecule has 0 saturated carbocycles. The van der Waals surface area contributed by atoms with E-state index in [0.29, 0.717) is 29.9 Å². The Kier molecular flexibility index (Phi) is 8.03. The molecule has 2 heterocycles. The number of aromatic amines is 1. The minimum Gasteiger partial charge on any atom is -0.322 e. The van der Waals surface area contributed by atoms with Crippen molar-refractivity contribution in [2.75, 3.05) is 11.9 Å². The number of aryl methyl sites for hydroxylation is 1. The Bertz CT molecular complexity index is 1470. The van der Waals surface area contributed by atoms with Gasteiger partial charge in [0.2, 0.25) is 10.0 Å². The number of anilines is 1. The van der Waals surface area contributed by atoms with Crippen LogP contribution in [0.1, 0.15) is 54.7 Å². The number of nitrogens with one attached hydrogen (secondary N) is 3. The van der Waals surface area contributed by atoms with Crippen LogP contribution < -0.4 is 21.3 Å². The molecule has 0 aliphatic carbocycles. The molecule has 11 heteroatoms. The van der Waals surface area contributed by atoms with Gasteiger partial charge >= 0.3 is 5.69 Å². The van der Waals surface area contributed by atoms with Crippen LogP contribution in [0.5, 0.6) is 0 Å². The molecule has 35 heavy (non-hydrogen) atoms. The Morgan fingerprint density at radius 3 is 2.51 bits per heavy atom. The molecule has 0 unspecified atom stereocenters. The summed E-state index contributed by atoms with van der Waals surface area (Å²) in [6, 6.07) is 7.92. The molecule has 0 bridgehead atoms. The van der Waals surface area contributed by atoms with E-state index in [1.54, 1.807) is 30.3 Å². The Morgan fingerprint density at radius 2 is 1.91 bits per heavy atom. The van der Waals surface area contributed by atoms with Gasteiger partial charge in [0, 0.05) is 24.5 Å². The van der Waals surface area contributed by atoms with Crippen LogP contribution in [-0.2, 0) is 22.3 Å². The second-order valence-electron chi connectivity index (χ2n) is 8.41.